The first kappa shape index (κ1) is 12.4. The average molecular weight is 263 g/mol. The van der Waals surface area contributed by atoms with Crippen molar-refractivity contribution in [3.05, 3.63) is 66.1 Å². The van der Waals surface area contributed by atoms with Crippen LogP contribution in [-0.2, 0) is 0 Å². The SMILES string of the molecule is C[Si](C)(C)c1ccccc1-c1cccc2c1C=C[CH]2. The van der Waals surface area contributed by atoms with Crippen LogP contribution in [0.4, 0.5) is 0 Å². The van der Waals surface area contributed by atoms with Gasteiger partial charge in [0.15, 0.2) is 0 Å². The molecule has 0 heterocycles. The van der Waals surface area contributed by atoms with Crippen LogP contribution in [0.25, 0.3) is 17.2 Å². The first-order chi connectivity index (χ1) is 9.07. The van der Waals surface area contributed by atoms with Crippen LogP contribution in [0.15, 0.2) is 48.5 Å². The quantitative estimate of drug-likeness (QED) is 0.701. The maximum Gasteiger partial charge on any atom is 0.0784 e. The average Bonchev–Trinajstić information content (AvgIpc) is 2.85. The fourth-order valence-corrected chi connectivity index (χ4v) is 4.39. The number of fused-ring (bicyclic) bond motifs is 1. The van der Waals surface area contributed by atoms with E-state index in [1.165, 1.54) is 22.3 Å². The van der Waals surface area contributed by atoms with Crippen molar-refractivity contribution in [2.45, 2.75) is 19.6 Å². The molecule has 0 nitrogen and oxygen atoms in total. The van der Waals surface area contributed by atoms with Crippen molar-refractivity contribution in [2.24, 2.45) is 0 Å². The summed E-state index contributed by atoms with van der Waals surface area (Å²) >= 11 is 0. The van der Waals surface area contributed by atoms with E-state index in [1.54, 1.807) is 5.19 Å². The van der Waals surface area contributed by atoms with E-state index in [2.05, 4.69) is 80.7 Å². The van der Waals surface area contributed by atoms with E-state index in [1.807, 2.05) is 0 Å². The molecule has 0 atom stereocenters. The lowest BCUT2D eigenvalue weighted by atomic mass is 9.97. The van der Waals surface area contributed by atoms with E-state index in [0.29, 0.717) is 0 Å². The molecule has 2 aromatic carbocycles. The zero-order chi connectivity index (χ0) is 13.5. The molecule has 0 fully saturated rings. The van der Waals surface area contributed by atoms with E-state index in [0.717, 1.165) is 0 Å². The molecule has 0 N–H and O–H groups in total. The molecule has 0 amide bonds. The highest BCUT2D eigenvalue weighted by Gasteiger charge is 2.22. The smallest absolute Gasteiger partial charge is 0.0754 e. The van der Waals surface area contributed by atoms with Crippen molar-refractivity contribution in [1.82, 2.24) is 0 Å². The van der Waals surface area contributed by atoms with Gasteiger partial charge in [0, 0.05) is 6.42 Å². The summed E-state index contributed by atoms with van der Waals surface area (Å²) < 4.78 is 0. The van der Waals surface area contributed by atoms with Gasteiger partial charge in [-0.1, -0.05) is 79.4 Å². The molecule has 2 aromatic rings. The monoisotopic (exact) mass is 263 g/mol. The van der Waals surface area contributed by atoms with Gasteiger partial charge in [-0.05, 0) is 22.3 Å². The van der Waals surface area contributed by atoms with E-state index in [-0.39, 0.29) is 0 Å². The summed E-state index contributed by atoms with van der Waals surface area (Å²) in [7, 11) is -1.33. The van der Waals surface area contributed by atoms with Crippen LogP contribution in [0, 0.1) is 6.42 Å². The molecule has 3 rings (SSSR count). The Morgan fingerprint density at radius 1 is 0.789 bits per heavy atom. The Bertz CT molecular complexity index is 645. The summed E-state index contributed by atoms with van der Waals surface area (Å²) in [4.78, 5) is 0. The Morgan fingerprint density at radius 3 is 2.32 bits per heavy atom. The van der Waals surface area contributed by atoms with Crippen LogP contribution >= 0.6 is 0 Å². The van der Waals surface area contributed by atoms with Crippen molar-refractivity contribution >= 4 is 19.3 Å². The normalized spacial score (nSPS) is 13.6. The molecule has 0 saturated carbocycles. The van der Waals surface area contributed by atoms with Crippen molar-refractivity contribution in [1.29, 1.82) is 0 Å². The van der Waals surface area contributed by atoms with Crippen LogP contribution in [-0.4, -0.2) is 8.07 Å². The lowest BCUT2D eigenvalue weighted by Crippen LogP contribution is -2.38. The van der Waals surface area contributed by atoms with Gasteiger partial charge in [-0.15, -0.1) is 0 Å². The lowest BCUT2D eigenvalue weighted by molar-refractivity contribution is 1.53. The molecule has 1 aliphatic carbocycles. The minimum atomic E-state index is -1.33. The predicted molar refractivity (Wildman–Crippen MR) is 87.3 cm³/mol. The van der Waals surface area contributed by atoms with E-state index in [9.17, 15) is 0 Å². The Morgan fingerprint density at radius 2 is 1.53 bits per heavy atom. The zero-order valence-electron chi connectivity index (χ0n) is 11.8. The molecule has 0 aromatic heterocycles. The molecule has 0 saturated heterocycles. The molecule has 95 valence electrons. The Balaban J connectivity index is 2.24. The number of hydrogen-bond donors (Lipinski definition) is 0. The topological polar surface area (TPSA) is 0 Å². The van der Waals surface area contributed by atoms with Gasteiger partial charge in [0.05, 0.1) is 8.07 Å². The van der Waals surface area contributed by atoms with Gasteiger partial charge in [0.25, 0.3) is 0 Å². The van der Waals surface area contributed by atoms with Gasteiger partial charge in [-0.2, -0.15) is 0 Å². The minimum Gasteiger partial charge on any atom is -0.0754 e. The first-order valence-corrected chi connectivity index (χ1v) is 10.3. The number of allylic oxidation sites excluding steroid dienone is 1. The van der Waals surface area contributed by atoms with Crippen LogP contribution in [0.1, 0.15) is 11.1 Å². The highest BCUT2D eigenvalue weighted by Crippen LogP contribution is 2.32. The molecule has 0 bridgehead atoms. The van der Waals surface area contributed by atoms with Crippen molar-refractivity contribution < 1.29 is 0 Å². The molecule has 19 heavy (non-hydrogen) atoms. The Hall–Kier alpha value is -1.60. The summed E-state index contributed by atoms with van der Waals surface area (Å²) in [5.41, 5.74) is 5.50. The standard InChI is InChI=1S/C18H19Si/c1-19(2,3)18-13-5-4-10-17(18)16-12-7-9-14-8-6-11-15(14)16/h4-13H,1-3H3. The summed E-state index contributed by atoms with van der Waals surface area (Å²) in [6, 6.07) is 15.5. The third-order valence-corrected chi connectivity index (χ3v) is 5.76. The second kappa shape index (κ2) is 4.50. The van der Waals surface area contributed by atoms with Gasteiger partial charge in [0.2, 0.25) is 0 Å². The summed E-state index contributed by atoms with van der Waals surface area (Å²) in [6.07, 6.45) is 6.56. The van der Waals surface area contributed by atoms with E-state index in [4.69, 9.17) is 0 Å². The third-order valence-electron chi connectivity index (χ3n) is 3.70. The summed E-state index contributed by atoms with van der Waals surface area (Å²) in [6.45, 7) is 7.24. The second-order valence-electron chi connectivity index (χ2n) is 6.13. The highest BCUT2D eigenvalue weighted by molar-refractivity contribution is 6.89. The molecular weight excluding hydrogens is 244 g/mol. The fourth-order valence-electron chi connectivity index (χ4n) is 2.77. The molecule has 0 unspecified atom stereocenters. The van der Waals surface area contributed by atoms with Crippen molar-refractivity contribution in [3.63, 3.8) is 0 Å². The van der Waals surface area contributed by atoms with Crippen molar-refractivity contribution in [2.75, 3.05) is 0 Å². The van der Waals surface area contributed by atoms with Gasteiger partial charge >= 0.3 is 0 Å². The van der Waals surface area contributed by atoms with Gasteiger partial charge in [0.1, 0.15) is 0 Å². The Labute approximate surface area is 116 Å². The zero-order valence-corrected chi connectivity index (χ0v) is 12.8. The minimum absolute atomic E-state index is 1.33. The van der Waals surface area contributed by atoms with Crippen molar-refractivity contribution in [3.8, 4) is 11.1 Å². The van der Waals surface area contributed by atoms with E-state index >= 15 is 0 Å². The van der Waals surface area contributed by atoms with Crippen LogP contribution in [0.2, 0.25) is 19.6 Å². The van der Waals surface area contributed by atoms with Crippen LogP contribution in [0.3, 0.4) is 0 Å². The van der Waals surface area contributed by atoms with Gasteiger partial charge < -0.3 is 0 Å². The fraction of sp³-hybridized carbons (Fsp3) is 0.167. The van der Waals surface area contributed by atoms with Crippen LogP contribution in [0.5, 0.6) is 0 Å². The number of benzene rings is 2. The number of hydrogen-bond acceptors (Lipinski definition) is 0. The van der Waals surface area contributed by atoms with Crippen LogP contribution < -0.4 is 5.19 Å². The maximum absolute atomic E-state index is 2.41. The molecular formula is C18H19Si. The third kappa shape index (κ3) is 2.19. The molecule has 1 aliphatic rings. The Kier molecular flexibility index (Phi) is 2.94. The second-order valence-corrected chi connectivity index (χ2v) is 11.2. The van der Waals surface area contributed by atoms with Gasteiger partial charge in [-0.3, -0.25) is 0 Å². The van der Waals surface area contributed by atoms with E-state index < -0.39 is 8.07 Å². The molecule has 1 heteroatoms. The molecule has 0 aliphatic heterocycles. The molecule has 0 spiro atoms. The molecule has 1 radical (unpaired) electrons. The summed E-state index contributed by atoms with van der Waals surface area (Å²) in [5, 5.41) is 1.55. The number of rotatable bonds is 2. The largest absolute Gasteiger partial charge is 0.0784 e. The predicted octanol–water partition coefficient (Wildman–Crippen LogP) is 4.48. The lowest BCUT2D eigenvalue weighted by Gasteiger charge is -2.22. The highest BCUT2D eigenvalue weighted by atomic mass is 28.3. The van der Waals surface area contributed by atoms with Gasteiger partial charge in [-0.25, -0.2) is 0 Å². The first-order valence-electron chi connectivity index (χ1n) is 6.82. The maximum atomic E-state index is 2.41. The summed E-state index contributed by atoms with van der Waals surface area (Å²) in [5.74, 6) is 0.